The summed E-state index contributed by atoms with van der Waals surface area (Å²) in [6, 6.07) is 2.37. The van der Waals surface area contributed by atoms with Crippen molar-refractivity contribution in [2.75, 3.05) is 29.9 Å². The predicted molar refractivity (Wildman–Crippen MR) is 81.5 cm³/mol. The quantitative estimate of drug-likeness (QED) is 0.734. The van der Waals surface area contributed by atoms with Gasteiger partial charge in [0.05, 0.1) is 17.1 Å². The van der Waals surface area contributed by atoms with Crippen molar-refractivity contribution in [3.05, 3.63) is 16.9 Å². The number of hydrogen-bond acceptors (Lipinski definition) is 4. The van der Waals surface area contributed by atoms with Gasteiger partial charge in [-0.2, -0.15) is 0 Å². The highest BCUT2D eigenvalue weighted by atomic mass is 35.5. The van der Waals surface area contributed by atoms with Crippen LogP contribution in [0.25, 0.3) is 0 Å². The molecule has 20 heavy (non-hydrogen) atoms. The average Bonchev–Trinajstić information content (AvgIpc) is 2.88. The molecule has 6 heteroatoms. The molecule has 2 unspecified atom stereocenters. The fourth-order valence-corrected chi connectivity index (χ4v) is 3.52. The normalized spacial score (nSPS) is 26.5. The third-order valence-electron chi connectivity index (χ3n) is 4.43. The number of hydrogen-bond donors (Lipinski definition) is 3. The standard InChI is InChI=1S/C14H20ClFN4/c15-12-10(17)7-11(18)14(13(12)16)19-8-3-5-20-4-1-2-9(20)6-8/h7-9,19H,1-6,17-18H2. The van der Waals surface area contributed by atoms with Crippen molar-refractivity contribution in [1.82, 2.24) is 4.90 Å². The van der Waals surface area contributed by atoms with Gasteiger partial charge in [-0.15, -0.1) is 0 Å². The summed E-state index contributed by atoms with van der Waals surface area (Å²) >= 11 is 5.86. The van der Waals surface area contributed by atoms with E-state index in [1.54, 1.807) is 0 Å². The minimum absolute atomic E-state index is 0.0556. The Labute approximate surface area is 123 Å². The number of fused-ring (bicyclic) bond motifs is 1. The molecular formula is C14H20ClFN4. The number of nitrogens with zero attached hydrogens (tertiary/aromatic N) is 1. The highest BCUT2D eigenvalue weighted by molar-refractivity contribution is 6.33. The molecule has 1 aromatic carbocycles. The summed E-state index contributed by atoms with van der Waals surface area (Å²) in [5, 5.41) is 3.18. The molecule has 1 aromatic rings. The molecule has 110 valence electrons. The maximum absolute atomic E-state index is 14.2. The van der Waals surface area contributed by atoms with E-state index >= 15 is 0 Å². The Hall–Kier alpha value is -1.20. The largest absolute Gasteiger partial charge is 0.397 e. The molecule has 0 aromatic heterocycles. The van der Waals surface area contributed by atoms with Crippen LogP contribution in [0.15, 0.2) is 6.07 Å². The van der Waals surface area contributed by atoms with Crippen molar-refractivity contribution in [1.29, 1.82) is 0 Å². The molecule has 2 aliphatic rings. The molecule has 2 fully saturated rings. The second-order valence-corrected chi connectivity index (χ2v) is 6.13. The Morgan fingerprint density at radius 1 is 1.25 bits per heavy atom. The predicted octanol–water partition coefficient (Wildman–Crippen LogP) is 2.68. The van der Waals surface area contributed by atoms with Gasteiger partial charge in [0.1, 0.15) is 5.02 Å². The van der Waals surface area contributed by atoms with Crippen LogP contribution in [-0.4, -0.2) is 30.1 Å². The van der Waals surface area contributed by atoms with Gasteiger partial charge in [-0.3, -0.25) is 0 Å². The zero-order valence-corrected chi connectivity index (χ0v) is 12.1. The fourth-order valence-electron chi connectivity index (χ4n) is 3.37. The van der Waals surface area contributed by atoms with Gasteiger partial charge < -0.3 is 21.7 Å². The molecule has 5 N–H and O–H groups in total. The first kappa shape index (κ1) is 13.8. The van der Waals surface area contributed by atoms with Gasteiger partial charge in [0.2, 0.25) is 0 Å². The lowest BCUT2D eigenvalue weighted by atomic mass is 9.97. The Morgan fingerprint density at radius 3 is 2.85 bits per heavy atom. The van der Waals surface area contributed by atoms with Gasteiger partial charge in [-0.1, -0.05) is 11.6 Å². The van der Waals surface area contributed by atoms with E-state index in [0.717, 1.165) is 19.4 Å². The summed E-state index contributed by atoms with van der Waals surface area (Å²) in [5.41, 5.74) is 12.3. The maximum Gasteiger partial charge on any atom is 0.169 e. The molecule has 0 bridgehead atoms. The molecule has 0 saturated carbocycles. The molecule has 3 rings (SSSR count). The van der Waals surface area contributed by atoms with E-state index in [0.29, 0.717) is 17.4 Å². The van der Waals surface area contributed by atoms with Crippen molar-refractivity contribution in [3.63, 3.8) is 0 Å². The van der Waals surface area contributed by atoms with Gasteiger partial charge >= 0.3 is 0 Å². The van der Waals surface area contributed by atoms with Gasteiger partial charge in [-0.05, 0) is 38.3 Å². The number of rotatable bonds is 2. The Balaban J connectivity index is 1.76. The molecular weight excluding hydrogens is 279 g/mol. The molecule has 0 spiro atoms. The van der Waals surface area contributed by atoms with E-state index in [1.807, 2.05) is 0 Å². The van der Waals surface area contributed by atoms with Crippen molar-refractivity contribution >= 4 is 28.7 Å². The molecule has 0 radical (unpaired) electrons. The first-order valence-electron chi connectivity index (χ1n) is 7.09. The molecule has 2 aliphatic heterocycles. The van der Waals surface area contributed by atoms with E-state index in [4.69, 9.17) is 23.1 Å². The summed E-state index contributed by atoms with van der Waals surface area (Å²) in [6.07, 6.45) is 4.53. The van der Waals surface area contributed by atoms with Crippen LogP contribution in [-0.2, 0) is 0 Å². The fraction of sp³-hybridized carbons (Fsp3) is 0.571. The van der Waals surface area contributed by atoms with E-state index < -0.39 is 5.82 Å². The summed E-state index contributed by atoms with van der Waals surface area (Å²) in [4.78, 5) is 2.52. The van der Waals surface area contributed by atoms with Crippen LogP contribution in [0.3, 0.4) is 0 Å². The van der Waals surface area contributed by atoms with E-state index in [-0.39, 0.29) is 16.8 Å². The van der Waals surface area contributed by atoms with Crippen LogP contribution in [0.4, 0.5) is 21.5 Å². The molecule has 0 aliphatic carbocycles. The lowest BCUT2D eigenvalue weighted by molar-refractivity contribution is 0.188. The monoisotopic (exact) mass is 298 g/mol. The molecule has 2 atom stereocenters. The number of nitrogens with one attached hydrogen (secondary N) is 1. The number of benzene rings is 1. The number of piperidine rings is 1. The van der Waals surface area contributed by atoms with Crippen LogP contribution >= 0.6 is 11.6 Å². The minimum atomic E-state index is -0.544. The van der Waals surface area contributed by atoms with Crippen molar-refractivity contribution in [3.8, 4) is 0 Å². The Morgan fingerprint density at radius 2 is 2.05 bits per heavy atom. The van der Waals surface area contributed by atoms with Crippen LogP contribution in [0, 0.1) is 5.82 Å². The zero-order chi connectivity index (χ0) is 14.3. The average molecular weight is 299 g/mol. The second kappa shape index (κ2) is 5.30. The first-order valence-corrected chi connectivity index (χ1v) is 7.47. The Kier molecular flexibility index (Phi) is 3.65. The van der Waals surface area contributed by atoms with Gasteiger partial charge in [-0.25, -0.2) is 4.39 Å². The lowest BCUT2D eigenvalue weighted by Crippen LogP contribution is -2.42. The highest BCUT2D eigenvalue weighted by Crippen LogP contribution is 2.36. The van der Waals surface area contributed by atoms with Crippen LogP contribution in [0.5, 0.6) is 0 Å². The summed E-state index contributed by atoms with van der Waals surface area (Å²) in [7, 11) is 0. The third kappa shape index (κ3) is 2.40. The van der Waals surface area contributed by atoms with Crippen LogP contribution in [0.1, 0.15) is 25.7 Å². The second-order valence-electron chi connectivity index (χ2n) is 5.76. The molecule has 2 heterocycles. The third-order valence-corrected chi connectivity index (χ3v) is 4.82. The van der Waals surface area contributed by atoms with Crippen LogP contribution < -0.4 is 16.8 Å². The summed E-state index contributed by atoms with van der Waals surface area (Å²) < 4.78 is 14.2. The minimum Gasteiger partial charge on any atom is -0.397 e. The number of nitrogens with two attached hydrogens (primary N) is 2. The summed E-state index contributed by atoms with van der Waals surface area (Å²) in [5.74, 6) is -0.544. The van der Waals surface area contributed by atoms with E-state index in [9.17, 15) is 4.39 Å². The topological polar surface area (TPSA) is 67.3 Å². The van der Waals surface area contributed by atoms with Crippen LogP contribution in [0.2, 0.25) is 5.02 Å². The number of nitrogen functional groups attached to an aromatic ring is 2. The highest BCUT2D eigenvalue weighted by Gasteiger charge is 2.32. The summed E-state index contributed by atoms with van der Waals surface area (Å²) in [6.45, 7) is 2.26. The zero-order valence-electron chi connectivity index (χ0n) is 11.3. The van der Waals surface area contributed by atoms with E-state index in [2.05, 4.69) is 10.2 Å². The maximum atomic E-state index is 14.2. The van der Waals surface area contributed by atoms with Gasteiger partial charge in [0.15, 0.2) is 5.82 Å². The first-order chi connectivity index (χ1) is 9.56. The smallest absolute Gasteiger partial charge is 0.169 e. The van der Waals surface area contributed by atoms with Gasteiger partial charge in [0.25, 0.3) is 0 Å². The Bertz CT molecular complexity index is 522. The number of anilines is 3. The molecule has 0 amide bonds. The lowest BCUT2D eigenvalue weighted by Gasteiger charge is -2.35. The molecule has 4 nitrogen and oxygen atoms in total. The van der Waals surface area contributed by atoms with Crippen molar-refractivity contribution in [2.45, 2.75) is 37.8 Å². The van der Waals surface area contributed by atoms with E-state index in [1.165, 1.54) is 25.5 Å². The van der Waals surface area contributed by atoms with Crippen molar-refractivity contribution < 1.29 is 4.39 Å². The van der Waals surface area contributed by atoms with Gasteiger partial charge in [0, 0.05) is 18.6 Å². The molecule has 2 saturated heterocycles. The number of halogens is 2. The SMILES string of the molecule is Nc1cc(N)c(NC2CCN3CCCC3C2)c(F)c1Cl. The van der Waals surface area contributed by atoms with Crippen molar-refractivity contribution in [2.24, 2.45) is 0 Å².